The highest BCUT2D eigenvalue weighted by Gasteiger charge is 2.14. The fraction of sp³-hybridized carbons (Fsp3) is 0.571. The molecule has 0 unspecified atom stereocenters. The Hall–Kier alpha value is -1.05. The van der Waals surface area contributed by atoms with Crippen molar-refractivity contribution in [2.24, 2.45) is 0 Å². The van der Waals surface area contributed by atoms with Gasteiger partial charge in [0.25, 0.3) is 0 Å². The molecule has 0 fully saturated rings. The molecule has 0 heterocycles. The van der Waals surface area contributed by atoms with Gasteiger partial charge in [0.05, 0.1) is 6.61 Å². The average molecular weight is 224 g/mol. The van der Waals surface area contributed by atoms with Crippen molar-refractivity contribution in [2.45, 2.75) is 46.2 Å². The van der Waals surface area contributed by atoms with Crippen molar-refractivity contribution >= 4 is 0 Å². The summed E-state index contributed by atoms with van der Waals surface area (Å²) in [6.07, 6.45) is 1.29. The van der Waals surface area contributed by atoms with Gasteiger partial charge in [-0.2, -0.15) is 0 Å². The van der Waals surface area contributed by atoms with Gasteiger partial charge in [-0.25, -0.2) is 4.39 Å². The van der Waals surface area contributed by atoms with Gasteiger partial charge in [-0.15, -0.1) is 0 Å². The predicted octanol–water partition coefficient (Wildman–Crippen LogP) is 4.21. The molecule has 1 nitrogen and oxygen atoms in total. The van der Waals surface area contributed by atoms with Gasteiger partial charge in [-0.1, -0.05) is 12.1 Å². The zero-order valence-corrected chi connectivity index (χ0v) is 10.6. The lowest BCUT2D eigenvalue weighted by Gasteiger charge is -2.14. The number of benzene rings is 1. The van der Waals surface area contributed by atoms with Gasteiger partial charge in [-0.3, -0.25) is 0 Å². The van der Waals surface area contributed by atoms with Crippen molar-refractivity contribution in [3.63, 3.8) is 0 Å². The highest BCUT2D eigenvalue weighted by Crippen LogP contribution is 2.20. The summed E-state index contributed by atoms with van der Waals surface area (Å²) in [5.74, 6) is 0.914. The van der Waals surface area contributed by atoms with E-state index >= 15 is 0 Å². The van der Waals surface area contributed by atoms with Gasteiger partial charge in [0.2, 0.25) is 0 Å². The summed E-state index contributed by atoms with van der Waals surface area (Å²) in [5.41, 5.74) is 1.22. The number of alkyl halides is 1. The molecule has 0 aliphatic carbocycles. The molecule has 0 amide bonds. The molecule has 1 aromatic rings. The van der Waals surface area contributed by atoms with E-state index in [1.807, 2.05) is 26.0 Å². The second-order valence-electron chi connectivity index (χ2n) is 4.94. The Labute approximate surface area is 97.6 Å². The number of halogens is 1. The van der Waals surface area contributed by atoms with E-state index in [0.29, 0.717) is 13.0 Å². The minimum atomic E-state index is -1.09. The van der Waals surface area contributed by atoms with Crippen LogP contribution in [-0.4, -0.2) is 12.3 Å². The van der Waals surface area contributed by atoms with Gasteiger partial charge in [0, 0.05) is 0 Å². The van der Waals surface area contributed by atoms with Crippen LogP contribution in [-0.2, 0) is 0 Å². The van der Waals surface area contributed by atoms with Crippen molar-refractivity contribution in [2.75, 3.05) is 6.61 Å². The Morgan fingerprint density at radius 2 is 1.94 bits per heavy atom. The zero-order valence-electron chi connectivity index (χ0n) is 10.6. The molecule has 0 aliphatic rings. The maximum atomic E-state index is 13.2. The van der Waals surface area contributed by atoms with E-state index in [2.05, 4.69) is 6.07 Å². The van der Waals surface area contributed by atoms with Crippen molar-refractivity contribution in [3.05, 3.63) is 29.3 Å². The first-order valence-electron chi connectivity index (χ1n) is 5.77. The summed E-state index contributed by atoms with van der Waals surface area (Å²) < 4.78 is 18.8. The average Bonchev–Trinajstić information content (AvgIpc) is 2.16. The maximum Gasteiger partial charge on any atom is 0.122 e. The van der Waals surface area contributed by atoms with Gasteiger partial charge < -0.3 is 4.74 Å². The van der Waals surface area contributed by atoms with Crippen LogP contribution in [0.3, 0.4) is 0 Å². The van der Waals surface area contributed by atoms with Crippen LogP contribution >= 0.6 is 0 Å². The third-order valence-corrected chi connectivity index (χ3v) is 2.52. The third kappa shape index (κ3) is 4.65. The Kier molecular flexibility index (Phi) is 4.34. The fourth-order valence-corrected chi connectivity index (χ4v) is 1.54. The Balaban J connectivity index is 2.40. The molecule has 1 rings (SSSR count). The molecule has 0 saturated heterocycles. The van der Waals surface area contributed by atoms with Crippen LogP contribution in [0.15, 0.2) is 18.2 Å². The molecular formula is C14H21FO. The molecule has 90 valence electrons. The lowest BCUT2D eigenvalue weighted by molar-refractivity contribution is 0.180. The summed E-state index contributed by atoms with van der Waals surface area (Å²) in [7, 11) is 0. The second-order valence-corrected chi connectivity index (χ2v) is 4.94. The second kappa shape index (κ2) is 5.33. The van der Waals surface area contributed by atoms with Gasteiger partial charge in [0.1, 0.15) is 11.4 Å². The quantitative estimate of drug-likeness (QED) is 0.681. The molecule has 2 heteroatoms. The fourth-order valence-electron chi connectivity index (χ4n) is 1.54. The molecule has 0 atom stereocenters. The molecule has 0 radical (unpaired) electrons. The molecule has 0 saturated carbocycles. The first-order valence-corrected chi connectivity index (χ1v) is 5.77. The molecular weight excluding hydrogens is 203 g/mol. The van der Waals surface area contributed by atoms with E-state index in [1.165, 1.54) is 5.56 Å². The van der Waals surface area contributed by atoms with E-state index < -0.39 is 5.67 Å². The summed E-state index contributed by atoms with van der Waals surface area (Å²) in [6.45, 7) is 7.85. The minimum absolute atomic E-state index is 0.540. The standard InChI is InChI=1S/C14H21FO/c1-11-6-7-12(2)13(10-11)16-9-5-8-14(3,4)15/h6-7,10H,5,8-9H2,1-4H3. The van der Waals surface area contributed by atoms with Crippen LogP contribution in [0.5, 0.6) is 5.75 Å². The van der Waals surface area contributed by atoms with E-state index in [-0.39, 0.29) is 0 Å². The molecule has 0 spiro atoms. The van der Waals surface area contributed by atoms with Crippen LogP contribution in [0.2, 0.25) is 0 Å². The number of hydrogen-bond acceptors (Lipinski definition) is 1. The topological polar surface area (TPSA) is 9.23 Å². The Morgan fingerprint density at radius 3 is 2.56 bits per heavy atom. The van der Waals surface area contributed by atoms with Crippen molar-refractivity contribution in [3.8, 4) is 5.75 Å². The van der Waals surface area contributed by atoms with Crippen LogP contribution < -0.4 is 4.74 Å². The maximum absolute atomic E-state index is 13.2. The van der Waals surface area contributed by atoms with Crippen molar-refractivity contribution < 1.29 is 9.13 Å². The first kappa shape index (κ1) is 13.0. The van der Waals surface area contributed by atoms with E-state index in [9.17, 15) is 4.39 Å². The normalized spacial score (nSPS) is 11.6. The predicted molar refractivity (Wildman–Crippen MR) is 65.8 cm³/mol. The van der Waals surface area contributed by atoms with Gasteiger partial charge >= 0.3 is 0 Å². The van der Waals surface area contributed by atoms with Crippen molar-refractivity contribution in [1.29, 1.82) is 0 Å². The lowest BCUT2D eigenvalue weighted by atomic mass is 10.1. The van der Waals surface area contributed by atoms with Crippen molar-refractivity contribution in [1.82, 2.24) is 0 Å². The number of ether oxygens (including phenoxy) is 1. The zero-order chi connectivity index (χ0) is 12.2. The molecule has 0 aromatic heterocycles. The molecule has 0 bridgehead atoms. The number of hydrogen-bond donors (Lipinski definition) is 0. The van der Waals surface area contributed by atoms with E-state index in [4.69, 9.17) is 4.74 Å². The minimum Gasteiger partial charge on any atom is -0.493 e. The van der Waals surface area contributed by atoms with Gasteiger partial charge in [-0.05, 0) is 57.7 Å². The smallest absolute Gasteiger partial charge is 0.122 e. The third-order valence-electron chi connectivity index (χ3n) is 2.52. The lowest BCUT2D eigenvalue weighted by Crippen LogP contribution is -2.13. The van der Waals surface area contributed by atoms with Crippen LogP contribution in [0.1, 0.15) is 37.8 Å². The number of rotatable bonds is 5. The number of aryl methyl sites for hydroxylation is 2. The molecule has 16 heavy (non-hydrogen) atoms. The summed E-state index contributed by atoms with van der Waals surface area (Å²) in [6, 6.07) is 6.13. The molecule has 1 aromatic carbocycles. The summed E-state index contributed by atoms with van der Waals surface area (Å²) in [5, 5.41) is 0. The van der Waals surface area contributed by atoms with E-state index in [1.54, 1.807) is 13.8 Å². The monoisotopic (exact) mass is 224 g/mol. The molecule has 0 N–H and O–H groups in total. The van der Waals surface area contributed by atoms with Crippen LogP contribution in [0.4, 0.5) is 4.39 Å². The Morgan fingerprint density at radius 1 is 1.25 bits per heavy atom. The van der Waals surface area contributed by atoms with Crippen LogP contribution in [0.25, 0.3) is 0 Å². The summed E-state index contributed by atoms with van der Waals surface area (Å²) >= 11 is 0. The van der Waals surface area contributed by atoms with Crippen LogP contribution in [0, 0.1) is 13.8 Å². The highest BCUT2D eigenvalue weighted by molar-refractivity contribution is 5.35. The molecule has 0 aliphatic heterocycles. The van der Waals surface area contributed by atoms with E-state index in [0.717, 1.165) is 17.7 Å². The SMILES string of the molecule is Cc1ccc(C)c(OCCCC(C)(C)F)c1. The largest absolute Gasteiger partial charge is 0.493 e. The first-order chi connectivity index (χ1) is 7.38. The highest BCUT2D eigenvalue weighted by atomic mass is 19.1. The van der Waals surface area contributed by atoms with Gasteiger partial charge in [0.15, 0.2) is 0 Å². The Bertz CT molecular complexity index is 339. The summed E-state index contributed by atoms with van der Waals surface area (Å²) in [4.78, 5) is 0.